The Bertz CT molecular complexity index is 957. The smallest absolute Gasteiger partial charge is 0.249 e. The molecule has 28 heavy (non-hydrogen) atoms. The van der Waals surface area contributed by atoms with Crippen LogP contribution in [-0.4, -0.2) is 44.5 Å². The van der Waals surface area contributed by atoms with Gasteiger partial charge in [0.05, 0.1) is 12.7 Å². The number of rotatable bonds is 6. The maximum atomic E-state index is 13.3. The molecule has 1 aliphatic rings. The number of aromatic nitrogens is 4. The summed E-state index contributed by atoms with van der Waals surface area (Å²) in [5.74, 6) is 0.385. The van der Waals surface area contributed by atoms with Crippen molar-refractivity contribution >= 4 is 5.91 Å². The third-order valence-electron chi connectivity index (χ3n) is 4.87. The molecule has 2 aromatic heterocycles. The summed E-state index contributed by atoms with van der Waals surface area (Å²) in [6.45, 7) is 1.56. The Morgan fingerprint density at radius 2 is 2.18 bits per heavy atom. The number of hydrogen-bond donors (Lipinski definition) is 1. The van der Waals surface area contributed by atoms with Crippen molar-refractivity contribution < 1.29 is 13.9 Å². The van der Waals surface area contributed by atoms with Crippen LogP contribution in [0, 0.1) is 5.82 Å². The van der Waals surface area contributed by atoms with E-state index in [0.717, 1.165) is 35.5 Å². The van der Waals surface area contributed by atoms with Gasteiger partial charge < -0.3 is 14.6 Å². The molecule has 146 valence electrons. The Kier molecular flexibility index (Phi) is 5.21. The Morgan fingerprint density at radius 1 is 1.36 bits per heavy atom. The summed E-state index contributed by atoms with van der Waals surface area (Å²) in [5, 5.41) is 7.41. The van der Waals surface area contributed by atoms with Crippen molar-refractivity contribution in [3.63, 3.8) is 0 Å². The van der Waals surface area contributed by atoms with Gasteiger partial charge in [0.15, 0.2) is 5.82 Å². The summed E-state index contributed by atoms with van der Waals surface area (Å²) in [7, 11) is 1.91. The van der Waals surface area contributed by atoms with Crippen molar-refractivity contribution in [2.24, 2.45) is 7.05 Å². The zero-order valence-electron chi connectivity index (χ0n) is 15.6. The molecule has 3 heterocycles. The van der Waals surface area contributed by atoms with Crippen LogP contribution < -0.4 is 5.32 Å². The van der Waals surface area contributed by atoms with Crippen LogP contribution in [0.2, 0.25) is 0 Å². The molecule has 1 amide bonds. The van der Waals surface area contributed by atoms with Gasteiger partial charge in [-0.15, -0.1) is 0 Å². The lowest BCUT2D eigenvalue weighted by Gasteiger charge is -2.13. The molecule has 0 aliphatic carbocycles. The fourth-order valence-electron chi connectivity index (χ4n) is 3.41. The third kappa shape index (κ3) is 3.68. The number of amides is 1. The molecule has 1 aliphatic heterocycles. The van der Waals surface area contributed by atoms with Gasteiger partial charge in [-0.1, -0.05) is 12.1 Å². The van der Waals surface area contributed by atoms with Gasteiger partial charge in [0.25, 0.3) is 0 Å². The zero-order valence-corrected chi connectivity index (χ0v) is 15.6. The summed E-state index contributed by atoms with van der Waals surface area (Å²) in [4.78, 5) is 16.6. The van der Waals surface area contributed by atoms with E-state index in [4.69, 9.17) is 4.74 Å². The first kappa shape index (κ1) is 18.4. The highest BCUT2D eigenvalue weighted by Crippen LogP contribution is 2.31. The molecule has 0 radical (unpaired) electrons. The molecular formula is C20H22FN5O2. The molecule has 7 nitrogen and oxygen atoms in total. The first-order chi connectivity index (χ1) is 13.6. The summed E-state index contributed by atoms with van der Waals surface area (Å²) in [6.07, 6.45) is 6.67. The van der Waals surface area contributed by atoms with Crippen LogP contribution in [0.25, 0.3) is 22.6 Å². The molecule has 8 heteroatoms. The van der Waals surface area contributed by atoms with Gasteiger partial charge in [-0.2, -0.15) is 5.10 Å². The number of halogens is 1. The molecule has 0 bridgehead atoms. The molecule has 1 fully saturated rings. The first-order valence-corrected chi connectivity index (χ1v) is 9.32. The molecular weight excluding hydrogens is 361 g/mol. The summed E-state index contributed by atoms with van der Waals surface area (Å²) in [6, 6.07) is 6.30. The predicted molar refractivity (Wildman–Crippen MR) is 102 cm³/mol. The molecule has 1 saturated heterocycles. The molecule has 1 N–H and O–H groups in total. The minimum atomic E-state index is -0.346. The van der Waals surface area contributed by atoms with Crippen LogP contribution in [0.5, 0.6) is 0 Å². The fraction of sp³-hybridized carbons (Fsp3) is 0.350. The maximum Gasteiger partial charge on any atom is 0.249 e. The minimum Gasteiger partial charge on any atom is -0.368 e. The highest BCUT2D eigenvalue weighted by atomic mass is 19.1. The second-order valence-electron chi connectivity index (χ2n) is 6.79. The van der Waals surface area contributed by atoms with Crippen LogP contribution in [0.15, 0.2) is 42.9 Å². The highest BCUT2D eigenvalue weighted by molar-refractivity contribution is 5.81. The summed E-state index contributed by atoms with van der Waals surface area (Å²) >= 11 is 0. The number of ether oxygens (including phenoxy) is 1. The lowest BCUT2D eigenvalue weighted by molar-refractivity contribution is -0.130. The largest absolute Gasteiger partial charge is 0.368 e. The van der Waals surface area contributed by atoms with E-state index >= 15 is 0 Å². The standard InChI is InChI=1S/C20H22FN5O2/c1-25-10-8-22-19(25)18-16(14-4-6-15(21)7-5-14)13-24-26(18)11-9-23-20(27)17-3-2-12-28-17/h4-8,10,13,17H,2-3,9,11-12H2,1H3,(H,23,27)/t17-/m1/s1. The first-order valence-electron chi connectivity index (χ1n) is 9.32. The fourth-order valence-corrected chi connectivity index (χ4v) is 3.41. The number of carbonyl (C=O) groups is 1. The van der Waals surface area contributed by atoms with Gasteiger partial charge in [0, 0.05) is 38.2 Å². The third-order valence-corrected chi connectivity index (χ3v) is 4.87. The Morgan fingerprint density at radius 3 is 2.86 bits per heavy atom. The number of benzene rings is 1. The highest BCUT2D eigenvalue weighted by Gasteiger charge is 2.23. The summed E-state index contributed by atoms with van der Waals surface area (Å²) in [5.41, 5.74) is 2.54. The van der Waals surface area contributed by atoms with Crippen LogP contribution in [0.3, 0.4) is 0 Å². The van der Waals surface area contributed by atoms with E-state index in [1.165, 1.54) is 12.1 Å². The zero-order chi connectivity index (χ0) is 19.5. The molecule has 3 aromatic rings. The van der Waals surface area contributed by atoms with Crippen molar-refractivity contribution in [2.75, 3.05) is 13.2 Å². The number of carbonyl (C=O) groups excluding carboxylic acids is 1. The van der Waals surface area contributed by atoms with Crippen molar-refractivity contribution in [2.45, 2.75) is 25.5 Å². The van der Waals surface area contributed by atoms with E-state index in [-0.39, 0.29) is 17.8 Å². The van der Waals surface area contributed by atoms with Crippen molar-refractivity contribution in [1.29, 1.82) is 0 Å². The average molecular weight is 383 g/mol. The van der Waals surface area contributed by atoms with Gasteiger partial charge in [0.2, 0.25) is 5.91 Å². The predicted octanol–water partition coefficient (Wildman–Crippen LogP) is 2.38. The normalized spacial score (nSPS) is 16.4. The number of nitrogens with one attached hydrogen (secondary N) is 1. The van der Waals surface area contributed by atoms with Crippen molar-refractivity contribution in [1.82, 2.24) is 24.6 Å². The number of hydrogen-bond acceptors (Lipinski definition) is 4. The van der Waals surface area contributed by atoms with E-state index in [1.807, 2.05) is 22.5 Å². The van der Waals surface area contributed by atoms with Crippen LogP contribution in [0.4, 0.5) is 4.39 Å². The summed E-state index contributed by atoms with van der Waals surface area (Å²) < 4.78 is 22.5. The van der Waals surface area contributed by atoms with Crippen LogP contribution in [-0.2, 0) is 23.1 Å². The lowest BCUT2D eigenvalue weighted by Crippen LogP contribution is -2.36. The number of aryl methyl sites for hydroxylation is 1. The van der Waals surface area contributed by atoms with Crippen LogP contribution in [0.1, 0.15) is 12.8 Å². The molecule has 1 aromatic carbocycles. The van der Waals surface area contributed by atoms with E-state index < -0.39 is 0 Å². The second kappa shape index (κ2) is 7.93. The van der Waals surface area contributed by atoms with Gasteiger partial charge >= 0.3 is 0 Å². The molecule has 0 unspecified atom stereocenters. The number of imidazole rings is 1. The van der Waals surface area contributed by atoms with Gasteiger partial charge in [-0.25, -0.2) is 9.37 Å². The van der Waals surface area contributed by atoms with Crippen LogP contribution >= 0.6 is 0 Å². The molecule has 0 saturated carbocycles. The van der Waals surface area contributed by atoms with E-state index in [0.29, 0.717) is 19.7 Å². The van der Waals surface area contributed by atoms with E-state index in [9.17, 15) is 9.18 Å². The Labute approximate surface area is 162 Å². The monoisotopic (exact) mass is 383 g/mol. The topological polar surface area (TPSA) is 74.0 Å². The second-order valence-corrected chi connectivity index (χ2v) is 6.79. The lowest BCUT2D eigenvalue weighted by atomic mass is 10.1. The Hall–Kier alpha value is -3.00. The Balaban J connectivity index is 1.57. The molecule has 4 rings (SSSR count). The van der Waals surface area contributed by atoms with E-state index in [1.54, 1.807) is 24.5 Å². The molecule has 1 atom stereocenters. The SMILES string of the molecule is Cn1ccnc1-c1c(-c2ccc(F)cc2)cnn1CCNC(=O)[C@H]1CCCO1. The maximum absolute atomic E-state index is 13.3. The van der Waals surface area contributed by atoms with Gasteiger partial charge in [-0.05, 0) is 30.5 Å². The quantitative estimate of drug-likeness (QED) is 0.709. The number of nitrogens with zero attached hydrogens (tertiary/aromatic N) is 4. The average Bonchev–Trinajstić information content (AvgIpc) is 3.43. The molecule has 0 spiro atoms. The van der Waals surface area contributed by atoms with Crippen molar-refractivity contribution in [3.05, 3.63) is 48.7 Å². The van der Waals surface area contributed by atoms with Gasteiger partial charge in [-0.3, -0.25) is 9.48 Å². The van der Waals surface area contributed by atoms with E-state index in [2.05, 4.69) is 15.4 Å². The van der Waals surface area contributed by atoms with Crippen molar-refractivity contribution in [3.8, 4) is 22.6 Å². The minimum absolute atomic E-state index is 0.0815. The van der Waals surface area contributed by atoms with Gasteiger partial charge in [0.1, 0.15) is 17.6 Å².